The summed E-state index contributed by atoms with van der Waals surface area (Å²) in [6.45, 7) is 3.09. The Morgan fingerprint density at radius 3 is 2.71 bits per heavy atom. The van der Waals surface area contributed by atoms with Gasteiger partial charge in [0.05, 0.1) is 6.61 Å². The first-order chi connectivity index (χ1) is 16.5. The number of nitrogens with zero attached hydrogens (tertiary/aromatic N) is 1. The van der Waals surface area contributed by atoms with Crippen molar-refractivity contribution in [1.82, 2.24) is 10.2 Å². The third-order valence-electron chi connectivity index (χ3n) is 7.37. The van der Waals surface area contributed by atoms with Gasteiger partial charge in [0.15, 0.2) is 0 Å². The van der Waals surface area contributed by atoms with Gasteiger partial charge in [0.2, 0.25) is 11.8 Å². The van der Waals surface area contributed by atoms with Gasteiger partial charge in [-0.3, -0.25) is 14.4 Å². The average molecular weight is 465 g/mol. The molecule has 1 fully saturated rings. The number of fused-ring (bicyclic) bond motifs is 1. The van der Waals surface area contributed by atoms with Crippen LogP contribution in [0.3, 0.4) is 0 Å². The number of ether oxygens (including phenoxy) is 1. The van der Waals surface area contributed by atoms with Crippen LogP contribution >= 0.6 is 0 Å². The van der Waals surface area contributed by atoms with E-state index in [1.807, 2.05) is 43.3 Å². The molecule has 6 heteroatoms. The van der Waals surface area contributed by atoms with Crippen molar-refractivity contribution < 1.29 is 19.1 Å². The Kier molecular flexibility index (Phi) is 7.86. The highest BCUT2D eigenvalue weighted by Gasteiger charge is 2.55. The number of nitrogens with one attached hydrogen (secondary N) is 1. The second-order valence-electron chi connectivity index (χ2n) is 9.65. The number of allylic oxidation sites excluding steroid dienone is 2. The Morgan fingerprint density at radius 1 is 1.15 bits per heavy atom. The number of likely N-dealkylation sites (tertiary alicyclic amines) is 1. The topological polar surface area (TPSA) is 75.7 Å². The Hall–Kier alpha value is -2.89. The zero-order valence-corrected chi connectivity index (χ0v) is 20.2. The molecular weight excluding hydrogens is 428 g/mol. The summed E-state index contributed by atoms with van der Waals surface area (Å²) in [5.74, 6) is -1.00. The van der Waals surface area contributed by atoms with E-state index in [0.717, 1.165) is 36.9 Å². The van der Waals surface area contributed by atoms with Crippen LogP contribution in [0.5, 0.6) is 0 Å². The third kappa shape index (κ3) is 5.26. The highest BCUT2D eigenvalue weighted by molar-refractivity contribution is 5.92. The molecule has 2 amide bonds. The smallest absolute Gasteiger partial charge is 0.318 e. The fraction of sp³-hybridized carbons (Fsp3) is 0.536. The largest absolute Gasteiger partial charge is 0.465 e. The van der Waals surface area contributed by atoms with Crippen molar-refractivity contribution >= 4 is 17.8 Å². The molecule has 1 aliphatic heterocycles. The summed E-state index contributed by atoms with van der Waals surface area (Å²) in [7, 11) is 0. The van der Waals surface area contributed by atoms with Gasteiger partial charge < -0.3 is 15.0 Å². The van der Waals surface area contributed by atoms with E-state index < -0.39 is 11.3 Å². The van der Waals surface area contributed by atoms with Crippen LogP contribution in [0, 0.1) is 11.3 Å². The Morgan fingerprint density at radius 2 is 1.97 bits per heavy atom. The standard InChI is InChI=1S/C28H36N2O4/c1-2-34-27(33)28-16-9-14-24(28)30(17-15-21-10-5-3-6-11-21)26(32)23(19-28)18-25(31)29-20-22-12-7-4-8-13-22/h4,7-8,10,12-14,23H,2-3,5-6,9,11,15-20H2,1H3,(H,29,31)/t23-,28+/m1/s1. The molecule has 0 spiro atoms. The van der Waals surface area contributed by atoms with Crippen LogP contribution in [-0.2, 0) is 25.7 Å². The van der Waals surface area contributed by atoms with Gasteiger partial charge in [0, 0.05) is 31.1 Å². The number of esters is 1. The van der Waals surface area contributed by atoms with Crippen molar-refractivity contribution in [3.63, 3.8) is 0 Å². The van der Waals surface area contributed by atoms with Gasteiger partial charge >= 0.3 is 5.97 Å². The van der Waals surface area contributed by atoms with Crippen LogP contribution in [0.4, 0.5) is 0 Å². The molecule has 0 saturated carbocycles. The molecule has 3 aliphatic rings. The van der Waals surface area contributed by atoms with Gasteiger partial charge in [0.25, 0.3) is 0 Å². The molecule has 1 aromatic rings. The van der Waals surface area contributed by atoms with Crippen molar-refractivity contribution in [2.45, 2.75) is 71.3 Å². The van der Waals surface area contributed by atoms with Crippen LogP contribution in [0.2, 0.25) is 0 Å². The lowest BCUT2D eigenvalue weighted by Crippen LogP contribution is -2.52. The minimum atomic E-state index is -0.824. The predicted octanol–water partition coefficient (Wildman–Crippen LogP) is 4.66. The monoisotopic (exact) mass is 464 g/mol. The van der Waals surface area contributed by atoms with Crippen LogP contribution in [-0.4, -0.2) is 35.8 Å². The molecule has 4 rings (SSSR count). The molecule has 2 atom stereocenters. The lowest BCUT2D eigenvalue weighted by atomic mass is 9.71. The fourth-order valence-electron chi connectivity index (χ4n) is 5.63. The number of carbonyl (C=O) groups is 3. The third-order valence-corrected chi connectivity index (χ3v) is 7.37. The molecule has 182 valence electrons. The maximum atomic E-state index is 13.6. The molecule has 0 bridgehead atoms. The van der Waals surface area contributed by atoms with E-state index in [9.17, 15) is 14.4 Å². The molecule has 1 aromatic carbocycles. The molecule has 0 unspecified atom stereocenters. The highest BCUT2D eigenvalue weighted by atomic mass is 16.5. The summed E-state index contributed by atoms with van der Waals surface area (Å²) in [6, 6.07) is 9.72. The van der Waals surface area contributed by atoms with Crippen molar-refractivity contribution in [2.75, 3.05) is 13.2 Å². The normalized spacial score (nSPS) is 24.2. The van der Waals surface area contributed by atoms with Gasteiger partial charge in [0.1, 0.15) is 5.41 Å². The van der Waals surface area contributed by atoms with E-state index in [1.54, 1.807) is 4.90 Å². The lowest BCUT2D eigenvalue weighted by Gasteiger charge is -2.44. The fourth-order valence-corrected chi connectivity index (χ4v) is 5.63. The zero-order valence-electron chi connectivity index (χ0n) is 20.2. The second kappa shape index (κ2) is 11.0. The molecular formula is C28H36N2O4. The van der Waals surface area contributed by atoms with E-state index >= 15 is 0 Å². The number of amides is 2. The number of carbonyl (C=O) groups excluding carboxylic acids is 3. The summed E-state index contributed by atoms with van der Waals surface area (Å²) in [5, 5.41) is 2.94. The summed E-state index contributed by atoms with van der Waals surface area (Å²) in [6.07, 6.45) is 11.6. The number of rotatable bonds is 9. The maximum Gasteiger partial charge on any atom is 0.318 e. The summed E-state index contributed by atoms with van der Waals surface area (Å²) < 4.78 is 5.49. The van der Waals surface area contributed by atoms with Crippen LogP contribution in [0.25, 0.3) is 0 Å². The SMILES string of the molecule is CCOC(=O)[C@]12CCC=C1N(CCC1=CCCCC1)C(=O)[C@H](CC(=O)NCc1ccccc1)C2. The van der Waals surface area contributed by atoms with Crippen LogP contribution in [0.15, 0.2) is 53.8 Å². The van der Waals surface area contributed by atoms with Crippen molar-refractivity contribution in [2.24, 2.45) is 11.3 Å². The van der Waals surface area contributed by atoms with Crippen molar-refractivity contribution in [3.05, 3.63) is 59.3 Å². The van der Waals surface area contributed by atoms with Gasteiger partial charge in [-0.1, -0.05) is 48.1 Å². The van der Waals surface area contributed by atoms with Gasteiger partial charge in [-0.2, -0.15) is 0 Å². The molecule has 2 aliphatic carbocycles. The van der Waals surface area contributed by atoms with Gasteiger partial charge in [-0.15, -0.1) is 0 Å². The molecule has 0 aromatic heterocycles. The van der Waals surface area contributed by atoms with Gasteiger partial charge in [-0.25, -0.2) is 0 Å². The minimum absolute atomic E-state index is 0.0423. The van der Waals surface area contributed by atoms with Crippen molar-refractivity contribution in [3.8, 4) is 0 Å². The molecule has 6 nitrogen and oxygen atoms in total. The highest BCUT2D eigenvalue weighted by Crippen LogP contribution is 2.51. The first kappa shape index (κ1) is 24.2. The quantitative estimate of drug-likeness (QED) is 0.426. The number of benzene rings is 1. The Balaban J connectivity index is 1.50. The summed E-state index contributed by atoms with van der Waals surface area (Å²) >= 11 is 0. The average Bonchev–Trinajstić information content (AvgIpc) is 3.29. The second-order valence-corrected chi connectivity index (χ2v) is 9.65. The summed E-state index contributed by atoms with van der Waals surface area (Å²) in [4.78, 5) is 41.4. The first-order valence-electron chi connectivity index (χ1n) is 12.7. The van der Waals surface area contributed by atoms with Gasteiger partial charge in [-0.05, 0) is 63.9 Å². The molecule has 0 radical (unpaired) electrons. The van der Waals surface area contributed by atoms with Crippen LogP contribution in [0.1, 0.15) is 70.3 Å². The van der Waals surface area contributed by atoms with E-state index in [1.165, 1.54) is 18.4 Å². The maximum absolute atomic E-state index is 13.6. The van der Waals surface area contributed by atoms with E-state index in [-0.39, 0.29) is 24.2 Å². The number of hydrogen-bond donors (Lipinski definition) is 1. The lowest BCUT2D eigenvalue weighted by molar-refractivity contribution is -0.160. The molecule has 1 N–H and O–H groups in total. The number of piperidine rings is 1. The molecule has 34 heavy (non-hydrogen) atoms. The van der Waals surface area contributed by atoms with E-state index in [4.69, 9.17) is 4.74 Å². The Bertz CT molecular complexity index is 968. The molecule has 1 saturated heterocycles. The summed E-state index contributed by atoms with van der Waals surface area (Å²) in [5.41, 5.74) is 2.38. The minimum Gasteiger partial charge on any atom is -0.465 e. The Labute approximate surface area is 202 Å². The van der Waals surface area contributed by atoms with Crippen molar-refractivity contribution in [1.29, 1.82) is 0 Å². The van der Waals surface area contributed by atoms with Crippen LogP contribution < -0.4 is 5.32 Å². The molecule has 1 heterocycles. The first-order valence-corrected chi connectivity index (χ1v) is 12.7. The van der Waals surface area contributed by atoms with E-state index in [2.05, 4.69) is 11.4 Å². The van der Waals surface area contributed by atoms with E-state index in [0.29, 0.717) is 32.5 Å². The predicted molar refractivity (Wildman–Crippen MR) is 130 cm³/mol. The number of hydrogen-bond acceptors (Lipinski definition) is 4. The zero-order chi connectivity index (χ0) is 24.0.